The summed E-state index contributed by atoms with van der Waals surface area (Å²) in [6.07, 6.45) is 3.35. The zero-order valence-corrected chi connectivity index (χ0v) is 20.9. The van der Waals surface area contributed by atoms with E-state index >= 15 is 0 Å². The number of nitrogens with zero attached hydrogens (tertiary/aromatic N) is 4. The van der Waals surface area contributed by atoms with Gasteiger partial charge in [-0.3, -0.25) is 0 Å². The number of ether oxygens (including phenoxy) is 3. The molecule has 0 aliphatic carbocycles. The molecule has 1 aliphatic rings. The van der Waals surface area contributed by atoms with E-state index in [1.807, 2.05) is 60.1 Å². The molecule has 9 nitrogen and oxygen atoms in total. The third-order valence-electron chi connectivity index (χ3n) is 4.82. The second-order valence-electron chi connectivity index (χ2n) is 7.30. The largest absolute Gasteiger partial charge is 0.494 e. The summed E-state index contributed by atoms with van der Waals surface area (Å²) >= 11 is 0. The number of nitrogens with one attached hydrogen (secondary N) is 2. The summed E-state index contributed by atoms with van der Waals surface area (Å²) in [5, 5.41) is 14.7. The number of benzene rings is 2. The highest BCUT2D eigenvalue weighted by molar-refractivity contribution is 14.0. The molecule has 0 amide bonds. The van der Waals surface area contributed by atoms with Crippen LogP contribution < -0.4 is 24.8 Å². The Morgan fingerprint density at radius 3 is 2.73 bits per heavy atom. The number of anilines is 1. The predicted molar refractivity (Wildman–Crippen MR) is 138 cm³/mol. The molecule has 0 unspecified atom stereocenters. The monoisotopic (exact) mass is 564 g/mol. The minimum Gasteiger partial charge on any atom is -0.494 e. The Bertz CT molecular complexity index is 1030. The van der Waals surface area contributed by atoms with Crippen molar-refractivity contribution in [3.05, 3.63) is 60.7 Å². The van der Waals surface area contributed by atoms with Crippen LogP contribution in [-0.2, 0) is 13.6 Å². The lowest BCUT2D eigenvalue weighted by molar-refractivity contribution is 0.297. The van der Waals surface area contributed by atoms with Gasteiger partial charge in [-0.1, -0.05) is 18.2 Å². The number of aryl methyl sites for hydroxylation is 1. The molecule has 0 radical (unpaired) electrons. The average molecular weight is 564 g/mol. The number of para-hydroxylation sites is 1. The lowest BCUT2D eigenvalue weighted by Crippen LogP contribution is -2.32. The van der Waals surface area contributed by atoms with Crippen molar-refractivity contribution in [2.24, 2.45) is 12.0 Å². The van der Waals surface area contributed by atoms with E-state index in [0.29, 0.717) is 38.9 Å². The van der Waals surface area contributed by atoms with E-state index in [4.69, 9.17) is 14.2 Å². The van der Waals surface area contributed by atoms with Crippen molar-refractivity contribution >= 4 is 35.6 Å². The number of guanidine groups is 1. The standard InChI is InChI=1S/C23H28N6O3.HI/c1-29-17-26-28-22(29)16-25-23(24-11-5-12-30-19-7-3-2-4-8-19)27-18-9-10-20-21(15-18)32-14-6-13-31-20;/h2-4,7-10,15,17H,5-6,11-14,16H2,1H3,(H2,24,25,27);1H. The second-order valence-corrected chi connectivity index (χ2v) is 7.30. The van der Waals surface area contributed by atoms with Gasteiger partial charge < -0.3 is 29.4 Å². The van der Waals surface area contributed by atoms with Crippen molar-refractivity contribution in [1.29, 1.82) is 0 Å². The highest BCUT2D eigenvalue weighted by Gasteiger charge is 2.11. The van der Waals surface area contributed by atoms with Crippen LogP contribution in [0, 0.1) is 0 Å². The lowest BCUT2D eigenvalue weighted by Gasteiger charge is -2.15. The first-order chi connectivity index (χ1) is 15.8. The molecule has 0 bridgehead atoms. The Kier molecular flexibility index (Phi) is 9.60. The SMILES string of the molecule is Cn1cnnc1CN=C(NCCCOc1ccccc1)Nc1ccc2c(c1)OCCCO2.I. The van der Waals surface area contributed by atoms with Crippen molar-refractivity contribution in [1.82, 2.24) is 20.1 Å². The van der Waals surface area contributed by atoms with Crippen LogP contribution >= 0.6 is 24.0 Å². The van der Waals surface area contributed by atoms with Crippen molar-refractivity contribution in [2.75, 3.05) is 31.7 Å². The fraction of sp³-hybridized carbons (Fsp3) is 0.348. The van der Waals surface area contributed by atoms with Crippen molar-refractivity contribution < 1.29 is 14.2 Å². The fourth-order valence-corrected chi connectivity index (χ4v) is 3.10. The van der Waals surface area contributed by atoms with E-state index in [-0.39, 0.29) is 24.0 Å². The molecule has 2 heterocycles. The minimum atomic E-state index is 0. The first kappa shape index (κ1) is 24.6. The summed E-state index contributed by atoms with van der Waals surface area (Å²) < 4.78 is 19.1. The second kappa shape index (κ2) is 12.9. The summed E-state index contributed by atoms with van der Waals surface area (Å²) in [5.74, 6) is 3.78. The van der Waals surface area contributed by atoms with Gasteiger partial charge in [-0.25, -0.2) is 4.99 Å². The summed E-state index contributed by atoms with van der Waals surface area (Å²) in [4.78, 5) is 4.67. The third kappa shape index (κ3) is 7.52. The smallest absolute Gasteiger partial charge is 0.196 e. The van der Waals surface area contributed by atoms with Gasteiger partial charge >= 0.3 is 0 Å². The zero-order valence-electron chi connectivity index (χ0n) is 18.6. The van der Waals surface area contributed by atoms with E-state index in [1.165, 1.54) is 0 Å². The minimum absolute atomic E-state index is 0. The maximum absolute atomic E-state index is 5.80. The number of rotatable bonds is 8. The topological polar surface area (TPSA) is 94.8 Å². The quantitative estimate of drug-likeness (QED) is 0.187. The highest BCUT2D eigenvalue weighted by atomic mass is 127. The van der Waals surface area contributed by atoms with Gasteiger partial charge in [0.05, 0.1) is 19.8 Å². The van der Waals surface area contributed by atoms with Crippen LogP contribution in [-0.4, -0.2) is 47.1 Å². The zero-order chi connectivity index (χ0) is 22.0. The average Bonchev–Trinajstić information content (AvgIpc) is 3.08. The molecule has 33 heavy (non-hydrogen) atoms. The third-order valence-corrected chi connectivity index (χ3v) is 4.82. The van der Waals surface area contributed by atoms with Gasteiger partial charge in [-0.15, -0.1) is 34.2 Å². The summed E-state index contributed by atoms with van der Waals surface area (Å²) in [7, 11) is 1.90. The molecule has 176 valence electrons. The molecule has 0 saturated heterocycles. The Morgan fingerprint density at radius 2 is 1.94 bits per heavy atom. The summed E-state index contributed by atoms with van der Waals surface area (Å²) in [6, 6.07) is 15.6. The van der Waals surface area contributed by atoms with Crippen LogP contribution in [0.15, 0.2) is 59.9 Å². The van der Waals surface area contributed by atoms with E-state index in [0.717, 1.165) is 41.6 Å². The first-order valence-corrected chi connectivity index (χ1v) is 10.7. The molecule has 3 aromatic rings. The van der Waals surface area contributed by atoms with Crippen LogP contribution in [0.4, 0.5) is 5.69 Å². The molecule has 1 aromatic heterocycles. The van der Waals surface area contributed by atoms with Gasteiger partial charge in [-0.05, 0) is 30.7 Å². The predicted octanol–water partition coefficient (Wildman–Crippen LogP) is 3.62. The van der Waals surface area contributed by atoms with Crippen LogP contribution in [0.2, 0.25) is 0 Å². The highest BCUT2D eigenvalue weighted by Crippen LogP contribution is 2.32. The Labute approximate surface area is 210 Å². The van der Waals surface area contributed by atoms with Crippen molar-refractivity contribution in [3.63, 3.8) is 0 Å². The van der Waals surface area contributed by atoms with Gasteiger partial charge in [0, 0.05) is 31.8 Å². The number of aliphatic imine (C=N–C) groups is 1. The van der Waals surface area contributed by atoms with Gasteiger partial charge in [0.2, 0.25) is 0 Å². The Morgan fingerprint density at radius 1 is 1.12 bits per heavy atom. The molecule has 0 spiro atoms. The van der Waals surface area contributed by atoms with Gasteiger partial charge in [-0.2, -0.15) is 0 Å². The van der Waals surface area contributed by atoms with Gasteiger partial charge in [0.25, 0.3) is 0 Å². The Hall–Kier alpha value is -3.02. The van der Waals surface area contributed by atoms with E-state index < -0.39 is 0 Å². The van der Waals surface area contributed by atoms with E-state index in [1.54, 1.807) is 6.33 Å². The van der Waals surface area contributed by atoms with Crippen LogP contribution in [0.1, 0.15) is 18.7 Å². The van der Waals surface area contributed by atoms with Crippen LogP contribution in [0.25, 0.3) is 0 Å². The molecule has 0 atom stereocenters. The maximum atomic E-state index is 5.80. The molecule has 2 N–H and O–H groups in total. The molecule has 4 rings (SSSR count). The normalized spacial score (nSPS) is 12.9. The number of hydrogen-bond donors (Lipinski definition) is 2. The lowest BCUT2D eigenvalue weighted by atomic mass is 10.2. The molecule has 10 heteroatoms. The van der Waals surface area contributed by atoms with E-state index in [2.05, 4.69) is 25.8 Å². The van der Waals surface area contributed by atoms with Crippen LogP contribution in [0.5, 0.6) is 17.2 Å². The van der Waals surface area contributed by atoms with Gasteiger partial charge in [0.15, 0.2) is 23.3 Å². The molecular formula is C23H29IN6O3. The summed E-state index contributed by atoms with van der Waals surface area (Å²) in [5.41, 5.74) is 0.860. The first-order valence-electron chi connectivity index (χ1n) is 10.7. The fourth-order valence-electron chi connectivity index (χ4n) is 3.10. The number of aromatic nitrogens is 3. The van der Waals surface area contributed by atoms with Crippen molar-refractivity contribution in [2.45, 2.75) is 19.4 Å². The molecule has 2 aromatic carbocycles. The molecular weight excluding hydrogens is 535 g/mol. The Balaban J connectivity index is 0.00000306. The molecule has 0 fully saturated rings. The van der Waals surface area contributed by atoms with E-state index in [9.17, 15) is 0 Å². The number of halogens is 1. The number of hydrogen-bond acceptors (Lipinski definition) is 6. The van der Waals surface area contributed by atoms with Crippen LogP contribution in [0.3, 0.4) is 0 Å². The number of fused-ring (bicyclic) bond motifs is 1. The molecule has 1 aliphatic heterocycles. The van der Waals surface area contributed by atoms with Crippen molar-refractivity contribution in [3.8, 4) is 17.2 Å². The molecule has 0 saturated carbocycles. The van der Waals surface area contributed by atoms with Gasteiger partial charge in [0.1, 0.15) is 18.6 Å². The summed E-state index contributed by atoms with van der Waals surface area (Å²) in [6.45, 7) is 3.01. The maximum Gasteiger partial charge on any atom is 0.196 e.